The van der Waals surface area contributed by atoms with Gasteiger partial charge in [-0.05, 0) is 49.4 Å². The number of nitrogens with zero attached hydrogens (tertiary/aromatic N) is 1. The van der Waals surface area contributed by atoms with Gasteiger partial charge in [0.05, 0.1) is 25.7 Å². The molecule has 0 N–H and O–H groups in total. The van der Waals surface area contributed by atoms with Crippen LogP contribution in [0.15, 0.2) is 22.8 Å². The molecule has 0 saturated carbocycles. The van der Waals surface area contributed by atoms with Crippen molar-refractivity contribution in [3.8, 4) is 0 Å². The third-order valence-corrected chi connectivity index (χ3v) is 5.04. The van der Waals surface area contributed by atoms with Gasteiger partial charge in [-0.15, -0.1) is 0 Å². The first kappa shape index (κ1) is 17.5. The van der Waals surface area contributed by atoms with E-state index in [1.165, 1.54) is 24.7 Å². The molecule has 5 heteroatoms. The topological polar surface area (TPSA) is 59.8 Å². The molecule has 3 rings (SSSR count). The lowest BCUT2D eigenvalue weighted by molar-refractivity contribution is -0.146. The number of fused-ring (bicyclic) bond motifs is 2. The molecule has 1 amide bonds. The predicted octanol–water partition coefficient (Wildman–Crippen LogP) is 3.12. The van der Waals surface area contributed by atoms with Crippen molar-refractivity contribution in [1.29, 1.82) is 0 Å². The number of carbonyl (C=O) groups excluding carboxylic acids is 2. The van der Waals surface area contributed by atoms with Crippen molar-refractivity contribution in [3.63, 3.8) is 0 Å². The number of likely N-dealkylation sites (N-methyl/N-ethyl adjacent to an activating group) is 1. The number of ether oxygens (including phenoxy) is 1. The van der Waals surface area contributed by atoms with E-state index in [1.54, 1.807) is 18.1 Å². The first-order valence-electron chi connectivity index (χ1n) is 8.91. The number of furan rings is 1. The van der Waals surface area contributed by atoms with Gasteiger partial charge in [0, 0.05) is 24.0 Å². The van der Waals surface area contributed by atoms with Gasteiger partial charge in [-0.25, -0.2) is 0 Å². The largest absolute Gasteiger partial charge is 0.469 e. The zero-order chi connectivity index (χ0) is 18.0. The standard InChI is InChI=1S/C20H25NO4/c1-4-21(11-13(2)20(23)24-3)19(22)10-16-12-25-18-9-15-7-5-6-14(15)8-17(16)18/h8-9,12-13H,4-7,10-11H2,1-3H3. The second-order valence-corrected chi connectivity index (χ2v) is 6.76. The maximum absolute atomic E-state index is 12.7. The van der Waals surface area contributed by atoms with E-state index in [1.807, 2.05) is 6.92 Å². The van der Waals surface area contributed by atoms with Gasteiger partial charge in [0.15, 0.2) is 0 Å². The monoisotopic (exact) mass is 343 g/mol. The first-order valence-corrected chi connectivity index (χ1v) is 8.91. The summed E-state index contributed by atoms with van der Waals surface area (Å²) in [5.41, 5.74) is 4.50. The van der Waals surface area contributed by atoms with Crippen LogP contribution in [0.4, 0.5) is 0 Å². The van der Waals surface area contributed by atoms with Crippen LogP contribution in [0.5, 0.6) is 0 Å². The van der Waals surface area contributed by atoms with E-state index < -0.39 is 0 Å². The van der Waals surface area contributed by atoms with Crippen molar-refractivity contribution >= 4 is 22.8 Å². The highest BCUT2D eigenvalue weighted by Gasteiger charge is 2.22. The molecule has 1 aliphatic rings. The van der Waals surface area contributed by atoms with Crippen LogP contribution in [0, 0.1) is 5.92 Å². The zero-order valence-corrected chi connectivity index (χ0v) is 15.1. The van der Waals surface area contributed by atoms with Crippen LogP contribution in [-0.2, 0) is 33.6 Å². The Labute approximate surface area is 147 Å². The molecule has 5 nitrogen and oxygen atoms in total. The molecular weight excluding hydrogens is 318 g/mol. The Hall–Kier alpha value is -2.30. The average molecular weight is 343 g/mol. The Balaban J connectivity index is 1.75. The molecule has 0 bridgehead atoms. The number of amides is 1. The van der Waals surface area contributed by atoms with Gasteiger partial charge < -0.3 is 14.1 Å². The minimum Gasteiger partial charge on any atom is -0.469 e. The molecule has 2 aromatic rings. The molecule has 1 aromatic heterocycles. The Bertz CT molecular complexity index is 792. The molecule has 0 radical (unpaired) electrons. The first-order chi connectivity index (χ1) is 12.0. The summed E-state index contributed by atoms with van der Waals surface area (Å²) in [6.45, 7) is 4.62. The number of hydrogen-bond acceptors (Lipinski definition) is 4. The van der Waals surface area contributed by atoms with E-state index in [-0.39, 0.29) is 24.2 Å². The van der Waals surface area contributed by atoms with Crippen LogP contribution in [0.1, 0.15) is 37.0 Å². The molecule has 1 aliphatic carbocycles. The maximum atomic E-state index is 12.7. The summed E-state index contributed by atoms with van der Waals surface area (Å²) in [6, 6.07) is 4.29. The Kier molecular flexibility index (Phi) is 5.11. The summed E-state index contributed by atoms with van der Waals surface area (Å²) in [5.74, 6) is -0.629. The van der Waals surface area contributed by atoms with Gasteiger partial charge >= 0.3 is 5.97 Å². The van der Waals surface area contributed by atoms with Crippen molar-refractivity contribution in [2.24, 2.45) is 5.92 Å². The maximum Gasteiger partial charge on any atom is 0.310 e. The van der Waals surface area contributed by atoms with Crippen molar-refractivity contribution in [2.75, 3.05) is 20.2 Å². The predicted molar refractivity (Wildman–Crippen MR) is 95.4 cm³/mol. The fourth-order valence-corrected chi connectivity index (χ4v) is 3.57. The molecule has 25 heavy (non-hydrogen) atoms. The van der Waals surface area contributed by atoms with Crippen molar-refractivity contribution < 1.29 is 18.7 Å². The quantitative estimate of drug-likeness (QED) is 0.756. The van der Waals surface area contributed by atoms with Crippen LogP contribution in [-0.4, -0.2) is 37.0 Å². The lowest BCUT2D eigenvalue weighted by atomic mass is 10.0. The van der Waals surface area contributed by atoms with Gasteiger partial charge in [0.25, 0.3) is 0 Å². The molecule has 134 valence electrons. The zero-order valence-electron chi connectivity index (χ0n) is 15.1. The number of hydrogen-bond donors (Lipinski definition) is 0. The van der Waals surface area contributed by atoms with E-state index >= 15 is 0 Å². The second-order valence-electron chi connectivity index (χ2n) is 6.76. The minimum absolute atomic E-state index is 0.00134. The number of esters is 1. The fraction of sp³-hybridized carbons (Fsp3) is 0.500. The van der Waals surface area contributed by atoms with Gasteiger partial charge in [0.1, 0.15) is 5.58 Å². The number of methoxy groups -OCH3 is 1. The summed E-state index contributed by atoms with van der Waals surface area (Å²) >= 11 is 0. The molecule has 1 atom stereocenters. The summed E-state index contributed by atoms with van der Waals surface area (Å²) < 4.78 is 10.4. The van der Waals surface area contributed by atoms with Gasteiger partial charge in [-0.1, -0.05) is 6.92 Å². The van der Waals surface area contributed by atoms with Crippen molar-refractivity contribution in [3.05, 3.63) is 35.1 Å². The van der Waals surface area contributed by atoms with E-state index in [2.05, 4.69) is 12.1 Å². The van der Waals surface area contributed by atoms with E-state index in [0.717, 1.165) is 29.4 Å². The van der Waals surface area contributed by atoms with E-state index in [9.17, 15) is 9.59 Å². The molecule has 1 heterocycles. The Morgan fingerprint density at radius 2 is 2.00 bits per heavy atom. The molecule has 0 spiro atoms. The van der Waals surface area contributed by atoms with Crippen LogP contribution in [0.2, 0.25) is 0 Å². The summed E-state index contributed by atoms with van der Waals surface area (Å²) in [6.07, 6.45) is 5.37. The smallest absolute Gasteiger partial charge is 0.310 e. The van der Waals surface area contributed by atoms with Crippen LogP contribution in [0.25, 0.3) is 11.0 Å². The number of rotatable bonds is 6. The molecular formula is C20H25NO4. The number of carbonyl (C=O) groups is 2. The van der Waals surface area contributed by atoms with E-state index in [4.69, 9.17) is 9.15 Å². The third-order valence-electron chi connectivity index (χ3n) is 5.04. The Morgan fingerprint density at radius 1 is 1.28 bits per heavy atom. The van der Waals surface area contributed by atoms with Gasteiger partial charge in [-0.3, -0.25) is 9.59 Å². The second kappa shape index (κ2) is 7.30. The number of aryl methyl sites for hydroxylation is 2. The summed E-state index contributed by atoms with van der Waals surface area (Å²) in [5, 5.41) is 1.03. The van der Waals surface area contributed by atoms with Crippen LogP contribution in [0.3, 0.4) is 0 Å². The lowest BCUT2D eigenvalue weighted by Crippen LogP contribution is -2.38. The minimum atomic E-state index is -0.335. The number of benzene rings is 1. The van der Waals surface area contributed by atoms with Crippen molar-refractivity contribution in [1.82, 2.24) is 4.90 Å². The van der Waals surface area contributed by atoms with Crippen LogP contribution < -0.4 is 0 Å². The van der Waals surface area contributed by atoms with E-state index in [0.29, 0.717) is 13.1 Å². The molecule has 1 aromatic carbocycles. The van der Waals surface area contributed by atoms with Crippen LogP contribution >= 0.6 is 0 Å². The highest BCUT2D eigenvalue weighted by molar-refractivity contribution is 5.89. The summed E-state index contributed by atoms with van der Waals surface area (Å²) in [4.78, 5) is 26.0. The molecule has 1 unspecified atom stereocenters. The van der Waals surface area contributed by atoms with Crippen molar-refractivity contribution in [2.45, 2.75) is 39.5 Å². The highest BCUT2D eigenvalue weighted by Crippen LogP contribution is 2.30. The molecule has 0 fully saturated rings. The summed E-state index contributed by atoms with van der Waals surface area (Å²) in [7, 11) is 1.37. The fourth-order valence-electron chi connectivity index (χ4n) is 3.57. The van der Waals surface area contributed by atoms with Gasteiger partial charge in [-0.2, -0.15) is 0 Å². The average Bonchev–Trinajstić information content (AvgIpc) is 3.23. The SMILES string of the molecule is CCN(CC(C)C(=O)OC)C(=O)Cc1coc2cc3c(cc12)CCC3. The Morgan fingerprint density at radius 3 is 2.68 bits per heavy atom. The normalized spacial score (nSPS) is 14.4. The van der Waals surface area contributed by atoms with Gasteiger partial charge in [0.2, 0.25) is 5.91 Å². The molecule has 0 aliphatic heterocycles. The third kappa shape index (κ3) is 3.55. The highest BCUT2D eigenvalue weighted by atomic mass is 16.5. The lowest BCUT2D eigenvalue weighted by Gasteiger charge is -2.23. The molecule has 0 saturated heterocycles.